The highest BCUT2D eigenvalue weighted by molar-refractivity contribution is 5.80. The van der Waals surface area contributed by atoms with E-state index in [1.54, 1.807) is 0 Å². The van der Waals surface area contributed by atoms with Gasteiger partial charge in [0.25, 0.3) is 0 Å². The molecule has 0 aromatic rings. The summed E-state index contributed by atoms with van der Waals surface area (Å²) in [6.45, 7) is 9.02. The number of hydrogen-bond donors (Lipinski definition) is 2. The lowest BCUT2D eigenvalue weighted by Crippen LogP contribution is -2.46. The molecule has 0 heterocycles. The van der Waals surface area contributed by atoms with E-state index >= 15 is 0 Å². The summed E-state index contributed by atoms with van der Waals surface area (Å²) in [5.41, 5.74) is 5.22. The van der Waals surface area contributed by atoms with Crippen LogP contribution in [0.15, 0.2) is 0 Å². The lowest BCUT2D eigenvalue weighted by Gasteiger charge is -2.19. The smallest absolute Gasteiger partial charge is 0.234 e. The van der Waals surface area contributed by atoms with Crippen molar-refractivity contribution in [2.24, 2.45) is 17.6 Å². The number of carbonyl (C=O) groups is 1. The first-order valence-corrected chi connectivity index (χ1v) is 4.47. The Hall–Kier alpha value is -0.570. The van der Waals surface area contributed by atoms with Crippen molar-refractivity contribution in [3.8, 4) is 0 Å². The largest absolute Gasteiger partial charge is 0.368 e. The van der Waals surface area contributed by atoms with Crippen molar-refractivity contribution in [2.75, 3.05) is 6.54 Å². The summed E-state index contributed by atoms with van der Waals surface area (Å²) in [7, 11) is 0. The van der Waals surface area contributed by atoms with Gasteiger partial charge in [0.05, 0.1) is 6.04 Å². The SMILES string of the molecule is CC(C)CN[C@H](C(N)=O)C(C)C. The molecule has 1 atom stereocenters. The van der Waals surface area contributed by atoms with Gasteiger partial charge in [0.2, 0.25) is 5.91 Å². The van der Waals surface area contributed by atoms with E-state index in [1.165, 1.54) is 0 Å². The van der Waals surface area contributed by atoms with Crippen LogP contribution in [0, 0.1) is 11.8 Å². The van der Waals surface area contributed by atoms with Crippen molar-refractivity contribution in [1.29, 1.82) is 0 Å². The first-order chi connectivity index (χ1) is 5.45. The summed E-state index contributed by atoms with van der Waals surface area (Å²) >= 11 is 0. The average molecular weight is 172 g/mol. The second kappa shape index (κ2) is 5.14. The van der Waals surface area contributed by atoms with Crippen LogP contribution in [-0.2, 0) is 4.79 Å². The highest BCUT2D eigenvalue weighted by Gasteiger charge is 2.18. The second-order valence-electron chi connectivity index (χ2n) is 3.93. The van der Waals surface area contributed by atoms with E-state index in [1.807, 2.05) is 13.8 Å². The molecule has 0 aromatic heterocycles. The molecular formula is C9H20N2O. The van der Waals surface area contributed by atoms with Crippen LogP contribution in [0.5, 0.6) is 0 Å². The second-order valence-corrected chi connectivity index (χ2v) is 3.93. The standard InChI is InChI=1S/C9H20N2O/c1-6(2)5-11-8(7(3)4)9(10)12/h6-8,11H,5H2,1-4H3,(H2,10,12)/t8-/m0/s1. The van der Waals surface area contributed by atoms with Crippen molar-refractivity contribution in [3.63, 3.8) is 0 Å². The fourth-order valence-corrected chi connectivity index (χ4v) is 1.03. The summed E-state index contributed by atoms with van der Waals surface area (Å²) in [6, 6.07) is -0.188. The van der Waals surface area contributed by atoms with Crippen molar-refractivity contribution >= 4 is 5.91 Å². The molecule has 1 amide bonds. The van der Waals surface area contributed by atoms with Crippen LogP contribution >= 0.6 is 0 Å². The Labute approximate surface area is 74.7 Å². The lowest BCUT2D eigenvalue weighted by molar-refractivity contribution is -0.121. The molecular weight excluding hydrogens is 152 g/mol. The third-order valence-corrected chi connectivity index (χ3v) is 1.72. The molecule has 0 aromatic carbocycles. The van der Waals surface area contributed by atoms with Gasteiger partial charge in [0.15, 0.2) is 0 Å². The molecule has 0 bridgehead atoms. The van der Waals surface area contributed by atoms with Gasteiger partial charge >= 0.3 is 0 Å². The molecule has 3 N–H and O–H groups in total. The van der Waals surface area contributed by atoms with Crippen LogP contribution in [0.1, 0.15) is 27.7 Å². The normalized spacial score (nSPS) is 13.8. The average Bonchev–Trinajstić information content (AvgIpc) is 1.84. The number of rotatable bonds is 5. The zero-order chi connectivity index (χ0) is 9.72. The molecule has 0 saturated heterocycles. The Morgan fingerprint density at radius 2 is 1.83 bits per heavy atom. The maximum absolute atomic E-state index is 10.9. The quantitative estimate of drug-likeness (QED) is 0.642. The third kappa shape index (κ3) is 4.34. The van der Waals surface area contributed by atoms with E-state index in [-0.39, 0.29) is 17.9 Å². The zero-order valence-corrected chi connectivity index (χ0v) is 8.42. The third-order valence-electron chi connectivity index (χ3n) is 1.72. The molecule has 0 radical (unpaired) electrons. The van der Waals surface area contributed by atoms with Crippen molar-refractivity contribution in [3.05, 3.63) is 0 Å². The van der Waals surface area contributed by atoms with Crippen molar-refractivity contribution in [2.45, 2.75) is 33.7 Å². The molecule has 0 spiro atoms. The molecule has 72 valence electrons. The van der Waals surface area contributed by atoms with Crippen LogP contribution in [0.25, 0.3) is 0 Å². The Balaban J connectivity index is 3.88. The van der Waals surface area contributed by atoms with E-state index in [4.69, 9.17) is 5.73 Å². The number of carbonyl (C=O) groups excluding carboxylic acids is 1. The minimum Gasteiger partial charge on any atom is -0.368 e. The number of nitrogens with one attached hydrogen (secondary N) is 1. The zero-order valence-electron chi connectivity index (χ0n) is 8.42. The highest BCUT2D eigenvalue weighted by atomic mass is 16.1. The van der Waals surface area contributed by atoms with Gasteiger partial charge in [-0.3, -0.25) is 4.79 Å². The summed E-state index contributed by atoms with van der Waals surface area (Å²) in [4.78, 5) is 10.9. The number of hydrogen-bond acceptors (Lipinski definition) is 2. The minimum atomic E-state index is -0.259. The van der Waals surface area contributed by atoms with Gasteiger partial charge < -0.3 is 11.1 Å². The molecule has 0 rings (SSSR count). The van der Waals surface area contributed by atoms with Gasteiger partial charge in [-0.2, -0.15) is 0 Å². The monoisotopic (exact) mass is 172 g/mol. The van der Waals surface area contributed by atoms with E-state index in [9.17, 15) is 4.79 Å². The van der Waals surface area contributed by atoms with Gasteiger partial charge in [0, 0.05) is 0 Å². The molecule has 12 heavy (non-hydrogen) atoms. The first kappa shape index (κ1) is 11.4. The molecule has 0 fully saturated rings. The number of amides is 1. The van der Waals surface area contributed by atoms with Gasteiger partial charge in [0.1, 0.15) is 0 Å². The molecule has 0 unspecified atom stereocenters. The summed E-state index contributed by atoms with van der Waals surface area (Å²) in [5, 5.41) is 3.14. The molecule has 0 saturated carbocycles. The van der Waals surface area contributed by atoms with Crippen molar-refractivity contribution < 1.29 is 4.79 Å². The van der Waals surface area contributed by atoms with Crippen LogP contribution in [0.2, 0.25) is 0 Å². The van der Waals surface area contributed by atoms with Gasteiger partial charge in [-0.25, -0.2) is 0 Å². The Morgan fingerprint density at radius 1 is 1.33 bits per heavy atom. The van der Waals surface area contributed by atoms with Crippen LogP contribution in [0.3, 0.4) is 0 Å². The van der Waals surface area contributed by atoms with Crippen LogP contribution in [0.4, 0.5) is 0 Å². The van der Waals surface area contributed by atoms with E-state index < -0.39 is 0 Å². The van der Waals surface area contributed by atoms with Gasteiger partial charge in [-0.15, -0.1) is 0 Å². The number of primary amides is 1. The fourth-order valence-electron chi connectivity index (χ4n) is 1.03. The van der Waals surface area contributed by atoms with Crippen molar-refractivity contribution in [1.82, 2.24) is 5.32 Å². The molecule has 3 nitrogen and oxygen atoms in total. The predicted molar refractivity (Wildman–Crippen MR) is 50.7 cm³/mol. The summed E-state index contributed by atoms with van der Waals surface area (Å²) < 4.78 is 0. The predicted octanol–water partition coefficient (Wildman–Crippen LogP) is 0.742. The van der Waals surface area contributed by atoms with E-state index in [0.717, 1.165) is 6.54 Å². The van der Waals surface area contributed by atoms with E-state index in [0.29, 0.717) is 5.92 Å². The van der Waals surface area contributed by atoms with Crippen LogP contribution < -0.4 is 11.1 Å². The minimum absolute atomic E-state index is 0.188. The summed E-state index contributed by atoms with van der Waals surface area (Å²) in [5.74, 6) is 0.553. The van der Waals surface area contributed by atoms with Gasteiger partial charge in [-0.05, 0) is 18.4 Å². The Bertz CT molecular complexity index is 143. The Morgan fingerprint density at radius 3 is 2.08 bits per heavy atom. The van der Waals surface area contributed by atoms with E-state index in [2.05, 4.69) is 19.2 Å². The Kier molecular flexibility index (Phi) is 4.90. The number of nitrogens with two attached hydrogens (primary N) is 1. The highest BCUT2D eigenvalue weighted by Crippen LogP contribution is 2.01. The van der Waals surface area contributed by atoms with Gasteiger partial charge in [-0.1, -0.05) is 27.7 Å². The summed E-state index contributed by atoms with van der Waals surface area (Å²) in [6.07, 6.45) is 0. The molecule has 0 aliphatic rings. The van der Waals surface area contributed by atoms with Crippen LogP contribution in [-0.4, -0.2) is 18.5 Å². The molecule has 3 heteroatoms. The lowest BCUT2D eigenvalue weighted by atomic mass is 10.0. The molecule has 0 aliphatic heterocycles. The molecule has 0 aliphatic carbocycles. The first-order valence-electron chi connectivity index (χ1n) is 4.47. The maximum Gasteiger partial charge on any atom is 0.234 e. The topological polar surface area (TPSA) is 55.1 Å². The fraction of sp³-hybridized carbons (Fsp3) is 0.889. The maximum atomic E-state index is 10.9.